The summed E-state index contributed by atoms with van der Waals surface area (Å²) in [5, 5.41) is 3.56. The Morgan fingerprint density at radius 2 is 1.79 bits per heavy atom. The van der Waals surface area contributed by atoms with Crippen LogP contribution < -0.4 is 5.32 Å². The van der Waals surface area contributed by atoms with Gasteiger partial charge in [0.15, 0.2) is 6.10 Å². The Bertz CT molecular complexity index is 1010. The Hall–Kier alpha value is -2.99. The molecule has 3 rings (SSSR count). The van der Waals surface area contributed by atoms with Gasteiger partial charge in [0.05, 0.1) is 5.69 Å². The van der Waals surface area contributed by atoms with E-state index in [0.717, 1.165) is 21.7 Å². The van der Waals surface area contributed by atoms with Gasteiger partial charge in [0.1, 0.15) is 9.88 Å². The van der Waals surface area contributed by atoms with E-state index in [0.29, 0.717) is 16.3 Å². The number of carbonyl (C=O) groups is 2. The van der Waals surface area contributed by atoms with Crippen LogP contribution in [-0.2, 0) is 9.53 Å². The van der Waals surface area contributed by atoms with E-state index in [4.69, 9.17) is 4.74 Å². The smallest absolute Gasteiger partial charge is 0.351 e. The molecule has 2 aromatic carbocycles. The van der Waals surface area contributed by atoms with E-state index in [9.17, 15) is 9.59 Å². The molecule has 0 spiro atoms. The zero-order chi connectivity index (χ0) is 20.3. The molecule has 0 saturated heterocycles. The minimum atomic E-state index is -0.921. The summed E-state index contributed by atoms with van der Waals surface area (Å²) in [4.78, 5) is 29.9. The number of rotatable bonds is 5. The fourth-order valence-electron chi connectivity index (χ4n) is 2.75. The van der Waals surface area contributed by atoms with Gasteiger partial charge in [-0.3, -0.25) is 4.79 Å². The lowest BCUT2D eigenvalue weighted by molar-refractivity contribution is -0.123. The van der Waals surface area contributed by atoms with Gasteiger partial charge in [-0.1, -0.05) is 48.0 Å². The fraction of sp³-hybridized carbons (Fsp3) is 0.227. The van der Waals surface area contributed by atoms with Crippen LogP contribution in [0.25, 0.3) is 10.6 Å². The van der Waals surface area contributed by atoms with Crippen molar-refractivity contribution in [3.05, 3.63) is 70.2 Å². The van der Waals surface area contributed by atoms with Crippen LogP contribution in [0.1, 0.15) is 33.4 Å². The van der Waals surface area contributed by atoms with Crippen LogP contribution in [0.2, 0.25) is 0 Å². The van der Waals surface area contributed by atoms with Gasteiger partial charge < -0.3 is 10.1 Å². The van der Waals surface area contributed by atoms with Gasteiger partial charge in [0, 0.05) is 11.3 Å². The molecule has 1 N–H and O–H groups in total. The molecule has 0 saturated carbocycles. The lowest BCUT2D eigenvalue weighted by Gasteiger charge is -2.14. The maximum absolute atomic E-state index is 12.6. The van der Waals surface area contributed by atoms with Crippen molar-refractivity contribution in [2.45, 2.75) is 33.8 Å². The number of hydrogen-bond acceptors (Lipinski definition) is 5. The highest BCUT2D eigenvalue weighted by atomic mass is 32.1. The number of carbonyl (C=O) groups excluding carboxylic acids is 2. The van der Waals surface area contributed by atoms with Crippen molar-refractivity contribution in [1.82, 2.24) is 4.98 Å². The molecule has 28 heavy (non-hydrogen) atoms. The van der Waals surface area contributed by atoms with Crippen LogP contribution in [0.3, 0.4) is 0 Å². The summed E-state index contributed by atoms with van der Waals surface area (Å²) in [6, 6.07) is 15.4. The maximum Gasteiger partial charge on any atom is 0.351 e. The summed E-state index contributed by atoms with van der Waals surface area (Å²) in [5.74, 6) is -0.911. The van der Waals surface area contributed by atoms with Gasteiger partial charge in [0.25, 0.3) is 5.91 Å². The number of esters is 1. The van der Waals surface area contributed by atoms with Crippen LogP contribution >= 0.6 is 11.3 Å². The number of benzene rings is 2. The molecule has 0 radical (unpaired) electrons. The predicted molar refractivity (Wildman–Crippen MR) is 112 cm³/mol. The number of thiazole rings is 1. The van der Waals surface area contributed by atoms with Crippen LogP contribution in [-0.4, -0.2) is 23.0 Å². The average Bonchev–Trinajstić information content (AvgIpc) is 3.06. The Morgan fingerprint density at radius 1 is 1.07 bits per heavy atom. The summed E-state index contributed by atoms with van der Waals surface area (Å²) < 4.78 is 5.38. The maximum atomic E-state index is 12.6. The van der Waals surface area contributed by atoms with Crippen molar-refractivity contribution in [3.63, 3.8) is 0 Å². The third-order valence-electron chi connectivity index (χ3n) is 4.30. The third kappa shape index (κ3) is 4.46. The van der Waals surface area contributed by atoms with Gasteiger partial charge in [-0.2, -0.15) is 0 Å². The Balaban J connectivity index is 1.68. The SMILES string of the molecule is Cc1ccc(NC(=O)C(C)OC(=O)c2sc(-c3ccccc3)nc2C)c(C)c1. The van der Waals surface area contributed by atoms with E-state index in [-0.39, 0.29) is 5.91 Å². The molecule has 0 fully saturated rings. The van der Waals surface area contributed by atoms with Gasteiger partial charge in [-0.25, -0.2) is 9.78 Å². The van der Waals surface area contributed by atoms with Crippen LogP contribution in [0, 0.1) is 20.8 Å². The Kier molecular flexibility index (Phi) is 5.90. The molecule has 0 aliphatic carbocycles. The van der Waals surface area contributed by atoms with E-state index < -0.39 is 12.1 Å². The number of nitrogens with one attached hydrogen (secondary N) is 1. The molecule has 3 aromatic rings. The van der Waals surface area contributed by atoms with Crippen molar-refractivity contribution in [2.24, 2.45) is 0 Å². The summed E-state index contributed by atoms with van der Waals surface area (Å²) in [5.41, 5.74) is 4.31. The third-order valence-corrected chi connectivity index (χ3v) is 5.48. The molecule has 0 aliphatic heterocycles. The number of hydrogen-bond donors (Lipinski definition) is 1. The quantitative estimate of drug-likeness (QED) is 0.624. The zero-order valence-electron chi connectivity index (χ0n) is 16.3. The monoisotopic (exact) mass is 394 g/mol. The Labute approximate surface area is 168 Å². The largest absolute Gasteiger partial charge is 0.448 e. The number of amides is 1. The second-order valence-corrected chi connectivity index (χ2v) is 7.65. The van der Waals surface area contributed by atoms with E-state index in [1.807, 2.05) is 62.4 Å². The lowest BCUT2D eigenvalue weighted by Crippen LogP contribution is -2.30. The van der Waals surface area contributed by atoms with Gasteiger partial charge in [-0.15, -0.1) is 11.3 Å². The van der Waals surface area contributed by atoms with Crippen LogP contribution in [0.15, 0.2) is 48.5 Å². The molecule has 1 atom stereocenters. The summed E-state index contributed by atoms with van der Waals surface area (Å²) in [7, 11) is 0. The average molecular weight is 394 g/mol. The summed E-state index contributed by atoms with van der Waals surface area (Å²) in [6.45, 7) is 7.24. The van der Waals surface area contributed by atoms with Crippen LogP contribution in [0.4, 0.5) is 5.69 Å². The molecule has 1 aromatic heterocycles. The van der Waals surface area contributed by atoms with Crippen molar-refractivity contribution in [2.75, 3.05) is 5.32 Å². The normalized spacial score (nSPS) is 11.7. The minimum absolute atomic E-state index is 0.370. The topological polar surface area (TPSA) is 68.3 Å². The molecular formula is C22H22N2O3S. The number of aryl methyl sites for hydroxylation is 3. The number of nitrogens with zero attached hydrogens (tertiary/aromatic N) is 1. The van der Waals surface area contributed by atoms with Gasteiger partial charge in [-0.05, 0) is 39.3 Å². The van der Waals surface area contributed by atoms with E-state index in [1.54, 1.807) is 13.8 Å². The first kappa shape index (κ1) is 19.8. The zero-order valence-corrected chi connectivity index (χ0v) is 17.1. The van der Waals surface area contributed by atoms with Crippen molar-refractivity contribution >= 4 is 28.9 Å². The number of anilines is 1. The van der Waals surface area contributed by atoms with Gasteiger partial charge >= 0.3 is 5.97 Å². The highest BCUT2D eigenvalue weighted by Crippen LogP contribution is 2.28. The predicted octanol–water partition coefficient (Wildman–Crippen LogP) is 4.92. The van der Waals surface area contributed by atoms with Crippen molar-refractivity contribution < 1.29 is 14.3 Å². The van der Waals surface area contributed by atoms with E-state index >= 15 is 0 Å². The lowest BCUT2D eigenvalue weighted by atomic mass is 10.1. The minimum Gasteiger partial charge on any atom is -0.448 e. The van der Waals surface area contributed by atoms with Crippen LogP contribution in [0.5, 0.6) is 0 Å². The Morgan fingerprint density at radius 3 is 2.46 bits per heavy atom. The highest BCUT2D eigenvalue weighted by Gasteiger charge is 2.23. The molecule has 1 heterocycles. The molecular weight excluding hydrogens is 372 g/mol. The summed E-state index contributed by atoms with van der Waals surface area (Å²) in [6.07, 6.45) is -0.921. The molecule has 144 valence electrons. The molecule has 0 bridgehead atoms. The first-order valence-electron chi connectivity index (χ1n) is 8.97. The molecule has 1 amide bonds. The standard InChI is InChI=1S/C22H22N2O3S/c1-13-10-11-18(14(2)12-13)24-20(25)16(4)27-22(26)19-15(3)23-21(28-19)17-8-6-5-7-9-17/h5-12,16H,1-4H3,(H,24,25). The summed E-state index contributed by atoms with van der Waals surface area (Å²) >= 11 is 1.27. The fourth-order valence-corrected chi connectivity index (χ4v) is 3.70. The molecule has 5 nitrogen and oxygen atoms in total. The number of aromatic nitrogens is 1. The van der Waals surface area contributed by atoms with Crippen molar-refractivity contribution in [3.8, 4) is 10.6 Å². The second kappa shape index (κ2) is 8.35. The van der Waals surface area contributed by atoms with Gasteiger partial charge in [0.2, 0.25) is 0 Å². The van der Waals surface area contributed by atoms with E-state index in [2.05, 4.69) is 10.3 Å². The van der Waals surface area contributed by atoms with Crippen molar-refractivity contribution in [1.29, 1.82) is 0 Å². The molecule has 6 heteroatoms. The van der Waals surface area contributed by atoms with E-state index in [1.165, 1.54) is 11.3 Å². The highest BCUT2D eigenvalue weighted by molar-refractivity contribution is 7.17. The number of ether oxygens (including phenoxy) is 1. The molecule has 1 unspecified atom stereocenters. The molecule has 0 aliphatic rings. The first-order chi connectivity index (χ1) is 13.3. The first-order valence-corrected chi connectivity index (χ1v) is 9.78. The second-order valence-electron chi connectivity index (χ2n) is 6.65.